The molecule has 1 heterocycles. The van der Waals surface area contributed by atoms with Crippen molar-refractivity contribution in [2.24, 2.45) is 5.84 Å². The van der Waals surface area contributed by atoms with E-state index in [0.29, 0.717) is 6.04 Å². The molecule has 5 nitrogen and oxygen atoms in total. The standard InChI is InChI=1S/C13H24N4O/c1-4-11(2)17(8-9-18-3)10-12-6-5-7-15-13(12)16-14/h5-7,11H,4,8-10,14H2,1-3H3,(H,15,16). The van der Waals surface area contributed by atoms with E-state index in [1.165, 1.54) is 0 Å². The lowest BCUT2D eigenvalue weighted by Gasteiger charge is -2.28. The van der Waals surface area contributed by atoms with Gasteiger partial charge in [0.2, 0.25) is 0 Å². The molecule has 0 aliphatic rings. The minimum absolute atomic E-state index is 0.506. The van der Waals surface area contributed by atoms with Crippen molar-refractivity contribution >= 4 is 5.82 Å². The Kier molecular flexibility index (Phi) is 6.64. The minimum atomic E-state index is 0.506. The van der Waals surface area contributed by atoms with Gasteiger partial charge in [-0.2, -0.15) is 0 Å². The predicted octanol–water partition coefficient (Wildman–Crippen LogP) is 1.61. The predicted molar refractivity (Wildman–Crippen MR) is 74.1 cm³/mol. The smallest absolute Gasteiger partial charge is 0.144 e. The number of rotatable bonds is 8. The van der Waals surface area contributed by atoms with Gasteiger partial charge in [-0.15, -0.1) is 0 Å². The summed E-state index contributed by atoms with van der Waals surface area (Å²) in [6.07, 6.45) is 2.84. The zero-order valence-electron chi connectivity index (χ0n) is 11.5. The molecule has 1 aromatic heterocycles. The Labute approximate surface area is 109 Å². The summed E-state index contributed by atoms with van der Waals surface area (Å²) in [6, 6.07) is 4.48. The van der Waals surface area contributed by atoms with E-state index in [9.17, 15) is 0 Å². The molecule has 0 aromatic carbocycles. The zero-order chi connectivity index (χ0) is 13.4. The summed E-state index contributed by atoms with van der Waals surface area (Å²) < 4.78 is 5.16. The van der Waals surface area contributed by atoms with Crippen molar-refractivity contribution in [1.29, 1.82) is 0 Å². The molecule has 5 heteroatoms. The molecule has 102 valence electrons. The lowest BCUT2D eigenvalue weighted by atomic mass is 10.1. The van der Waals surface area contributed by atoms with Gasteiger partial charge < -0.3 is 10.2 Å². The number of hydrogen-bond acceptors (Lipinski definition) is 5. The molecule has 1 rings (SSSR count). The number of nitrogen functional groups attached to an aromatic ring is 1. The first-order chi connectivity index (χ1) is 8.72. The van der Waals surface area contributed by atoms with Crippen molar-refractivity contribution < 1.29 is 4.74 Å². The third-order valence-corrected chi connectivity index (χ3v) is 3.20. The van der Waals surface area contributed by atoms with E-state index in [4.69, 9.17) is 10.6 Å². The molecule has 0 saturated heterocycles. The van der Waals surface area contributed by atoms with Crippen LogP contribution in [0.2, 0.25) is 0 Å². The van der Waals surface area contributed by atoms with E-state index in [0.717, 1.165) is 37.5 Å². The molecule has 1 unspecified atom stereocenters. The molecule has 18 heavy (non-hydrogen) atoms. The number of methoxy groups -OCH3 is 1. The topological polar surface area (TPSA) is 63.4 Å². The van der Waals surface area contributed by atoms with Crippen LogP contribution in [0.4, 0.5) is 5.82 Å². The maximum Gasteiger partial charge on any atom is 0.144 e. The lowest BCUT2D eigenvalue weighted by Crippen LogP contribution is -2.35. The highest BCUT2D eigenvalue weighted by Crippen LogP contribution is 2.15. The van der Waals surface area contributed by atoms with Crippen LogP contribution in [0.3, 0.4) is 0 Å². The van der Waals surface area contributed by atoms with E-state index in [1.54, 1.807) is 13.3 Å². The van der Waals surface area contributed by atoms with Gasteiger partial charge in [0.25, 0.3) is 0 Å². The van der Waals surface area contributed by atoms with E-state index in [2.05, 4.69) is 29.2 Å². The van der Waals surface area contributed by atoms with E-state index in [-0.39, 0.29) is 0 Å². The molecule has 0 spiro atoms. The fourth-order valence-corrected chi connectivity index (χ4v) is 1.84. The Balaban J connectivity index is 2.74. The fourth-order valence-electron chi connectivity index (χ4n) is 1.84. The second-order valence-electron chi connectivity index (χ2n) is 4.38. The Bertz CT molecular complexity index is 346. The van der Waals surface area contributed by atoms with Crippen molar-refractivity contribution in [2.75, 3.05) is 25.7 Å². The molecule has 0 aliphatic heterocycles. The molecular weight excluding hydrogens is 228 g/mol. The highest BCUT2D eigenvalue weighted by molar-refractivity contribution is 5.42. The van der Waals surface area contributed by atoms with Crippen molar-refractivity contribution in [3.8, 4) is 0 Å². The van der Waals surface area contributed by atoms with Crippen molar-refractivity contribution in [1.82, 2.24) is 9.88 Å². The van der Waals surface area contributed by atoms with Crippen LogP contribution >= 0.6 is 0 Å². The average Bonchev–Trinajstić information content (AvgIpc) is 2.42. The van der Waals surface area contributed by atoms with Crippen LogP contribution in [0.25, 0.3) is 0 Å². The molecule has 0 bridgehead atoms. The van der Waals surface area contributed by atoms with Crippen molar-refractivity contribution in [3.63, 3.8) is 0 Å². The SMILES string of the molecule is CCC(C)N(CCOC)Cc1cccnc1NN. The maximum absolute atomic E-state index is 5.48. The highest BCUT2D eigenvalue weighted by atomic mass is 16.5. The number of pyridine rings is 1. The second kappa shape index (κ2) is 8.02. The van der Waals surface area contributed by atoms with Crippen LogP contribution in [0.1, 0.15) is 25.8 Å². The first kappa shape index (κ1) is 14.9. The van der Waals surface area contributed by atoms with Gasteiger partial charge in [0, 0.05) is 38.0 Å². The van der Waals surface area contributed by atoms with Crippen LogP contribution in [-0.2, 0) is 11.3 Å². The minimum Gasteiger partial charge on any atom is -0.383 e. The number of anilines is 1. The van der Waals surface area contributed by atoms with Gasteiger partial charge in [0.05, 0.1) is 6.61 Å². The Morgan fingerprint density at radius 1 is 1.56 bits per heavy atom. The number of hydrazine groups is 1. The largest absolute Gasteiger partial charge is 0.383 e. The molecule has 0 saturated carbocycles. The van der Waals surface area contributed by atoms with Gasteiger partial charge >= 0.3 is 0 Å². The van der Waals surface area contributed by atoms with E-state index in [1.807, 2.05) is 12.1 Å². The Morgan fingerprint density at radius 3 is 2.94 bits per heavy atom. The van der Waals surface area contributed by atoms with Crippen LogP contribution in [-0.4, -0.2) is 36.2 Å². The van der Waals surface area contributed by atoms with Crippen LogP contribution in [0.15, 0.2) is 18.3 Å². The average molecular weight is 252 g/mol. The Hall–Kier alpha value is -1.17. The number of aromatic nitrogens is 1. The lowest BCUT2D eigenvalue weighted by molar-refractivity contribution is 0.118. The number of nitrogens with one attached hydrogen (secondary N) is 1. The number of hydrogen-bond donors (Lipinski definition) is 2. The van der Waals surface area contributed by atoms with Gasteiger partial charge in [-0.3, -0.25) is 4.90 Å². The van der Waals surface area contributed by atoms with E-state index < -0.39 is 0 Å². The van der Waals surface area contributed by atoms with Crippen LogP contribution in [0, 0.1) is 0 Å². The number of nitrogens with two attached hydrogens (primary N) is 1. The molecule has 0 amide bonds. The van der Waals surface area contributed by atoms with Crippen molar-refractivity contribution in [3.05, 3.63) is 23.9 Å². The third-order valence-electron chi connectivity index (χ3n) is 3.20. The molecular formula is C13H24N4O. The first-order valence-corrected chi connectivity index (χ1v) is 6.36. The number of ether oxygens (including phenoxy) is 1. The molecule has 1 atom stereocenters. The summed E-state index contributed by atoms with van der Waals surface area (Å²) in [5.74, 6) is 6.22. The molecule has 0 aliphatic carbocycles. The van der Waals surface area contributed by atoms with Gasteiger partial charge in [-0.05, 0) is 19.4 Å². The molecule has 0 fully saturated rings. The highest BCUT2D eigenvalue weighted by Gasteiger charge is 2.14. The van der Waals surface area contributed by atoms with Gasteiger partial charge in [0.1, 0.15) is 5.82 Å². The summed E-state index contributed by atoms with van der Waals surface area (Å²) >= 11 is 0. The maximum atomic E-state index is 5.48. The molecule has 0 radical (unpaired) electrons. The summed E-state index contributed by atoms with van der Waals surface area (Å²) in [5.41, 5.74) is 3.75. The van der Waals surface area contributed by atoms with E-state index >= 15 is 0 Å². The normalized spacial score (nSPS) is 12.7. The Morgan fingerprint density at radius 2 is 2.33 bits per heavy atom. The summed E-state index contributed by atoms with van der Waals surface area (Å²) in [6.45, 7) is 6.88. The fraction of sp³-hybridized carbons (Fsp3) is 0.615. The van der Waals surface area contributed by atoms with Gasteiger partial charge in [0.15, 0.2) is 0 Å². The van der Waals surface area contributed by atoms with Crippen molar-refractivity contribution in [2.45, 2.75) is 32.9 Å². The molecule has 1 aromatic rings. The quantitative estimate of drug-likeness (QED) is 0.543. The molecule has 3 N–H and O–H groups in total. The van der Waals surface area contributed by atoms with Gasteiger partial charge in [-0.1, -0.05) is 13.0 Å². The second-order valence-corrected chi connectivity index (χ2v) is 4.38. The summed E-state index contributed by atoms with van der Waals surface area (Å²) in [4.78, 5) is 6.60. The van der Waals surface area contributed by atoms with Gasteiger partial charge in [-0.25, -0.2) is 10.8 Å². The number of nitrogens with zero attached hydrogens (tertiary/aromatic N) is 2. The first-order valence-electron chi connectivity index (χ1n) is 6.36. The third kappa shape index (κ3) is 4.25. The van der Waals surface area contributed by atoms with Crippen LogP contribution in [0.5, 0.6) is 0 Å². The summed E-state index contributed by atoms with van der Waals surface area (Å²) in [5, 5.41) is 0. The zero-order valence-corrected chi connectivity index (χ0v) is 11.5. The summed E-state index contributed by atoms with van der Waals surface area (Å²) in [7, 11) is 1.73. The monoisotopic (exact) mass is 252 g/mol. The van der Waals surface area contributed by atoms with Crippen LogP contribution < -0.4 is 11.3 Å².